The number of carbonyl (C=O) groups is 3. The van der Waals surface area contributed by atoms with E-state index in [1.165, 1.54) is 29.2 Å². The summed E-state index contributed by atoms with van der Waals surface area (Å²) in [6, 6.07) is 5.22. The first kappa shape index (κ1) is 20.3. The molecular formula is C18H22N4O5. The predicted octanol–water partition coefficient (Wildman–Crippen LogP) is 3.75. The van der Waals surface area contributed by atoms with Crippen molar-refractivity contribution < 1.29 is 23.9 Å². The van der Waals surface area contributed by atoms with Gasteiger partial charge in [0.25, 0.3) is 0 Å². The third-order valence-electron chi connectivity index (χ3n) is 3.85. The maximum absolute atomic E-state index is 12.3. The highest BCUT2D eigenvalue weighted by atomic mass is 16.6. The zero-order valence-electron chi connectivity index (χ0n) is 15.5. The average Bonchev–Trinajstić information content (AvgIpc) is 3.09. The van der Waals surface area contributed by atoms with Crippen molar-refractivity contribution in [1.82, 2.24) is 4.90 Å². The highest BCUT2D eigenvalue weighted by molar-refractivity contribution is 5.98. The molecule has 0 saturated carbocycles. The van der Waals surface area contributed by atoms with Gasteiger partial charge in [0, 0.05) is 22.7 Å². The number of rotatable bonds is 5. The summed E-state index contributed by atoms with van der Waals surface area (Å²) in [6.45, 7) is 5.22. The van der Waals surface area contributed by atoms with E-state index in [1.54, 1.807) is 20.8 Å². The van der Waals surface area contributed by atoms with E-state index in [0.29, 0.717) is 30.6 Å². The molecule has 0 unspecified atom stereocenters. The lowest BCUT2D eigenvalue weighted by Crippen LogP contribution is -2.44. The first-order chi connectivity index (χ1) is 12.7. The Morgan fingerprint density at radius 1 is 1.26 bits per heavy atom. The predicted molar refractivity (Wildman–Crippen MR) is 96.5 cm³/mol. The van der Waals surface area contributed by atoms with Crippen molar-refractivity contribution in [1.29, 1.82) is 0 Å². The monoisotopic (exact) mass is 374 g/mol. The van der Waals surface area contributed by atoms with Crippen LogP contribution in [0.15, 0.2) is 29.4 Å². The number of nitrogens with zero attached hydrogens (tertiary/aromatic N) is 4. The fourth-order valence-electron chi connectivity index (χ4n) is 2.63. The smallest absolute Gasteiger partial charge is 0.411 e. The molecule has 9 heteroatoms. The molecule has 0 aromatic heterocycles. The highest BCUT2D eigenvalue weighted by Crippen LogP contribution is 2.22. The molecule has 1 aliphatic heterocycles. The third-order valence-corrected chi connectivity index (χ3v) is 3.85. The fourth-order valence-corrected chi connectivity index (χ4v) is 2.63. The van der Waals surface area contributed by atoms with Crippen LogP contribution < -0.4 is 0 Å². The molecule has 1 aromatic rings. The molecule has 0 aliphatic carbocycles. The Hall–Kier alpha value is -3.06. The summed E-state index contributed by atoms with van der Waals surface area (Å²) in [5.41, 5.74) is 8.41. The van der Waals surface area contributed by atoms with Crippen LogP contribution in [0.25, 0.3) is 10.4 Å². The zero-order valence-corrected chi connectivity index (χ0v) is 15.5. The second kappa shape index (κ2) is 8.55. The first-order valence-corrected chi connectivity index (χ1v) is 8.56. The largest absolute Gasteiger partial charge is 0.456 e. The molecule has 0 spiro atoms. The van der Waals surface area contributed by atoms with Gasteiger partial charge in [-0.25, -0.2) is 9.59 Å². The van der Waals surface area contributed by atoms with E-state index in [4.69, 9.17) is 15.0 Å². The molecular weight excluding hydrogens is 352 g/mol. The van der Waals surface area contributed by atoms with Crippen LogP contribution in [0.2, 0.25) is 0 Å². The van der Waals surface area contributed by atoms with Crippen LogP contribution in [-0.2, 0) is 14.3 Å². The lowest BCUT2D eigenvalue weighted by atomic mass is 10.1. The van der Waals surface area contributed by atoms with E-state index in [2.05, 4.69) is 10.0 Å². The molecule has 1 heterocycles. The number of amides is 1. The van der Waals surface area contributed by atoms with Crippen molar-refractivity contribution >= 4 is 23.5 Å². The Morgan fingerprint density at radius 2 is 1.93 bits per heavy atom. The zero-order chi connectivity index (χ0) is 20.0. The molecule has 1 aliphatic rings. The summed E-state index contributed by atoms with van der Waals surface area (Å²) in [4.78, 5) is 40.7. The number of ether oxygens (including phenoxy) is 2. The number of azide groups is 1. The van der Waals surface area contributed by atoms with Gasteiger partial charge < -0.3 is 9.47 Å². The Morgan fingerprint density at radius 3 is 2.52 bits per heavy atom. The summed E-state index contributed by atoms with van der Waals surface area (Å²) < 4.78 is 10.4. The molecule has 1 atom stereocenters. The first-order valence-electron chi connectivity index (χ1n) is 8.56. The lowest BCUT2D eigenvalue weighted by Gasteiger charge is -2.27. The number of hydrogen-bond donors (Lipinski definition) is 0. The quantitative estimate of drug-likeness (QED) is 0.255. The minimum Gasteiger partial charge on any atom is -0.456 e. The number of ketones is 1. The standard InChI is InChI=1S/C18H22N4O5/c1-18(2,3)27-17(25)22-10-4-5-14(22)16(24)26-11-15(23)12-6-8-13(9-7-12)20-21-19/h6-9,14H,4-5,10-11H2,1-3H3/t14-/m0/s1. The van der Waals surface area contributed by atoms with E-state index in [0.717, 1.165) is 0 Å². The maximum atomic E-state index is 12.3. The van der Waals surface area contributed by atoms with Crippen molar-refractivity contribution in [3.63, 3.8) is 0 Å². The van der Waals surface area contributed by atoms with Crippen molar-refractivity contribution in [2.24, 2.45) is 5.11 Å². The maximum Gasteiger partial charge on any atom is 0.411 e. The van der Waals surface area contributed by atoms with Crippen LogP contribution in [-0.4, -0.2) is 47.5 Å². The van der Waals surface area contributed by atoms with Crippen molar-refractivity contribution in [2.75, 3.05) is 13.2 Å². The number of carbonyl (C=O) groups excluding carboxylic acids is 3. The van der Waals surface area contributed by atoms with E-state index >= 15 is 0 Å². The topological polar surface area (TPSA) is 122 Å². The van der Waals surface area contributed by atoms with Crippen molar-refractivity contribution in [2.45, 2.75) is 45.3 Å². The number of benzene rings is 1. The van der Waals surface area contributed by atoms with Gasteiger partial charge >= 0.3 is 12.1 Å². The number of hydrogen-bond acceptors (Lipinski definition) is 6. The molecule has 27 heavy (non-hydrogen) atoms. The molecule has 0 N–H and O–H groups in total. The van der Waals surface area contributed by atoms with Crippen molar-refractivity contribution in [3.8, 4) is 0 Å². The number of Topliss-reactive ketones (excluding diaryl/α,β-unsaturated/α-hetero) is 1. The summed E-state index contributed by atoms with van der Waals surface area (Å²) in [5.74, 6) is -1.02. The van der Waals surface area contributed by atoms with Gasteiger partial charge in [0.15, 0.2) is 12.4 Å². The number of esters is 1. The van der Waals surface area contributed by atoms with Gasteiger partial charge in [-0.05, 0) is 39.1 Å². The molecule has 1 fully saturated rings. The SMILES string of the molecule is CC(C)(C)OC(=O)N1CCC[C@H]1C(=O)OCC(=O)c1ccc(N=[N+]=[N-])cc1. The van der Waals surface area contributed by atoms with Gasteiger partial charge in [-0.2, -0.15) is 0 Å². The molecule has 2 rings (SSSR count). The van der Waals surface area contributed by atoms with Crippen LogP contribution in [0, 0.1) is 0 Å². The van der Waals surface area contributed by atoms with Crippen LogP contribution in [0.5, 0.6) is 0 Å². The normalized spacial score (nSPS) is 16.4. The van der Waals surface area contributed by atoms with Gasteiger partial charge in [-0.1, -0.05) is 29.4 Å². The molecule has 1 amide bonds. The summed E-state index contributed by atoms with van der Waals surface area (Å²) in [7, 11) is 0. The molecule has 0 bridgehead atoms. The van der Waals surface area contributed by atoms with E-state index < -0.39 is 36.1 Å². The van der Waals surface area contributed by atoms with Crippen LogP contribution in [0.4, 0.5) is 10.5 Å². The Bertz CT molecular complexity index is 763. The third kappa shape index (κ3) is 5.72. The molecule has 144 valence electrons. The average molecular weight is 374 g/mol. The highest BCUT2D eigenvalue weighted by Gasteiger charge is 2.37. The molecule has 1 aromatic carbocycles. The molecule has 1 saturated heterocycles. The minimum atomic E-state index is -0.750. The van der Waals surface area contributed by atoms with Gasteiger partial charge in [0.1, 0.15) is 11.6 Å². The fraction of sp³-hybridized carbons (Fsp3) is 0.500. The lowest BCUT2D eigenvalue weighted by molar-refractivity contribution is -0.147. The number of likely N-dealkylation sites (tertiary alicyclic amines) is 1. The van der Waals surface area contributed by atoms with E-state index in [9.17, 15) is 14.4 Å². The van der Waals surface area contributed by atoms with Crippen molar-refractivity contribution in [3.05, 3.63) is 40.3 Å². The van der Waals surface area contributed by atoms with Gasteiger partial charge in [0.2, 0.25) is 0 Å². The second-order valence-electron chi connectivity index (χ2n) is 7.10. The summed E-state index contributed by atoms with van der Waals surface area (Å²) >= 11 is 0. The van der Waals surface area contributed by atoms with Crippen LogP contribution in [0.3, 0.4) is 0 Å². The Labute approximate surface area is 156 Å². The van der Waals surface area contributed by atoms with Gasteiger partial charge in [0.05, 0.1) is 0 Å². The molecule has 9 nitrogen and oxygen atoms in total. The summed E-state index contributed by atoms with van der Waals surface area (Å²) in [5, 5.41) is 3.42. The Balaban J connectivity index is 1.92. The van der Waals surface area contributed by atoms with Crippen LogP contribution >= 0.6 is 0 Å². The minimum absolute atomic E-state index is 0.329. The Kier molecular flexibility index (Phi) is 6.41. The van der Waals surface area contributed by atoms with E-state index in [-0.39, 0.29) is 0 Å². The molecule has 0 radical (unpaired) electrons. The van der Waals surface area contributed by atoms with E-state index in [1.807, 2.05) is 0 Å². The summed E-state index contributed by atoms with van der Waals surface area (Å²) in [6.07, 6.45) is 0.558. The van der Waals surface area contributed by atoms with Crippen LogP contribution in [0.1, 0.15) is 44.0 Å². The second-order valence-corrected chi connectivity index (χ2v) is 7.10. The van der Waals surface area contributed by atoms with Gasteiger partial charge in [-0.15, -0.1) is 0 Å². The van der Waals surface area contributed by atoms with Gasteiger partial charge in [-0.3, -0.25) is 9.69 Å².